The van der Waals surface area contributed by atoms with Gasteiger partial charge in [0.1, 0.15) is 11.5 Å². The van der Waals surface area contributed by atoms with Gasteiger partial charge < -0.3 is 10.1 Å². The van der Waals surface area contributed by atoms with Crippen LogP contribution in [0.4, 0.5) is 0 Å². The maximum absolute atomic E-state index is 5.82. The largest absolute Gasteiger partial charge is 0.456 e. The van der Waals surface area contributed by atoms with Gasteiger partial charge in [-0.15, -0.1) is 0 Å². The Hall–Kier alpha value is -1.96. The molecule has 0 unspecified atom stereocenters. The molecule has 108 valence electrons. The van der Waals surface area contributed by atoms with E-state index < -0.39 is 0 Å². The van der Waals surface area contributed by atoms with Gasteiger partial charge in [-0.3, -0.25) is 0 Å². The third-order valence-electron chi connectivity index (χ3n) is 3.41. The van der Waals surface area contributed by atoms with Crippen LogP contribution < -0.4 is 10.1 Å². The predicted molar refractivity (Wildman–Crippen MR) is 86.9 cm³/mol. The van der Waals surface area contributed by atoms with Gasteiger partial charge in [-0.1, -0.05) is 30.4 Å². The maximum atomic E-state index is 5.82. The molecule has 0 fully saturated rings. The van der Waals surface area contributed by atoms with E-state index in [0.717, 1.165) is 17.9 Å². The summed E-state index contributed by atoms with van der Waals surface area (Å²) >= 11 is 0. The Morgan fingerprint density at radius 3 is 2.55 bits per heavy atom. The van der Waals surface area contributed by atoms with Crippen LogP contribution in [0.5, 0.6) is 5.75 Å². The Labute approximate surface area is 122 Å². The summed E-state index contributed by atoms with van der Waals surface area (Å²) < 4.78 is 5.82. The second-order valence-electron chi connectivity index (χ2n) is 4.98. The summed E-state index contributed by atoms with van der Waals surface area (Å²) in [5.74, 6) is 1.46. The molecule has 0 heterocycles. The second kappa shape index (κ2) is 7.59. The highest BCUT2D eigenvalue weighted by molar-refractivity contribution is 5.36. The van der Waals surface area contributed by atoms with Gasteiger partial charge in [0.25, 0.3) is 0 Å². The Balaban J connectivity index is 2.79. The molecule has 0 saturated heterocycles. The molecule has 0 atom stereocenters. The first kappa shape index (κ1) is 16.1. The lowest BCUT2D eigenvalue weighted by atomic mass is 10.1. The van der Waals surface area contributed by atoms with Crippen LogP contribution in [0.1, 0.15) is 31.4 Å². The average Bonchev–Trinajstić information content (AvgIpc) is 2.43. The highest BCUT2D eigenvalue weighted by Gasteiger charge is 2.05. The minimum Gasteiger partial charge on any atom is -0.456 e. The standard InChI is InChI=1S/C18H25NO/c1-7-13(2)8-11-18(19-6)16(5)20-17-10-9-14(3)15(4)12-17/h7,9-12,19H,5,8H2,1-4,6H3/b13-7-,18-11?. The van der Waals surface area contributed by atoms with Gasteiger partial charge in [-0.25, -0.2) is 0 Å². The van der Waals surface area contributed by atoms with Gasteiger partial charge in [-0.05, 0) is 57.4 Å². The monoisotopic (exact) mass is 271 g/mol. The molecule has 1 rings (SSSR count). The minimum atomic E-state index is 0.639. The topological polar surface area (TPSA) is 21.3 Å². The third-order valence-corrected chi connectivity index (χ3v) is 3.41. The Morgan fingerprint density at radius 1 is 1.30 bits per heavy atom. The van der Waals surface area contributed by atoms with E-state index in [1.807, 2.05) is 26.1 Å². The first-order valence-corrected chi connectivity index (χ1v) is 6.92. The van der Waals surface area contributed by atoms with Crippen molar-refractivity contribution in [2.75, 3.05) is 7.05 Å². The Kier molecular flexibility index (Phi) is 6.10. The number of aryl methyl sites for hydroxylation is 2. The molecule has 0 saturated carbocycles. The van der Waals surface area contributed by atoms with E-state index in [9.17, 15) is 0 Å². The van der Waals surface area contributed by atoms with Crippen molar-refractivity contribution < 1.29 is 4.74 Å². The normalized spacial score (nSPS) is 12.2. The number of hydrogen-bond acceptors (Lipinski definition) is 2. The van der Waals surface area contributed by atoms with E-state index in [-0.39, 0.29) is 0 Å². The van der Waals surface area contributed by atoms with Crippen molar-refractivity contribution in [3.63, 3.8) is 0 Å². The predicted octanol–water partition coefficient (Wildman–Crippen LogP) is 4.66. The van der Waals surface area contributed by atoms with Crippen molar-refractivity contribution in [3.05, 3.63) is 65.1 Å². The van der Waals surface area contributed by atoms with Crippen molar-refractivity contribution in [1.29, 1.82) is 0 Å². The van der Waals surface area contributed by atoms with Gasteiger partial charge in [0.2, 0.25) is 0 Å². The van der Waals surface area contributed by atoms with Crippen molar-refractivity contribution in [2.45, 2.75) is 34.1 Å². The molecule has 0 aliphatic carbocycles. The number of allylic oxidation sites excluding steroid dienone is 3. The van der Waals surface area contributed by atoms with Gasteiger partial charge >= 0.3 is 0 Å². The van der Waals surface area contributed by atoms with Gasteiger partial charge in [0.15, 0.2) is 0 Å². The number of benzene rings is 1. The maximum Gasteiger partial charge on any atom is 0.143 e. The van der Waals surface area contributed by atoms with Crippen molar-refractivity contribution >= 4 is 0 Å². The molecular weight excluding hydrogens is 246 g/mol. The lowest BCUT2D eigenvalue weighted by Crippen LogP contribution is -2.11. The fourth-order valence-electron chi connectivity index (χ4n) is 1.71. The number of nitrogens with one attached hydrogen (secondary N) is 1. The van der Waals surface area contributed by atoms with Crippen LogP contribution in [0, 0.1) is 13.8 Å². The first-order chi connectivity index (χ1) is 9.47. The summed E-state index contributed by atoms with van der Waals surface area (Å²) in [4.78, 5) is 0. The fraction of sp³-hybridized carbons (Fsp3) is 0.333. The van der Waals surface area contributed by atoms with Crippen LogP contribution >= 0.6 is 0 Å². The van der Waals surface area contributed by atoms with E-state index in [1.165, 1.54) is 16.7 Å². The van der Waals surface area contributed by atoms with Crippen LogP contribution in [-0.4, -0.2) is 7.05 Å². The molecule has 0 aromatic heterocycles. The molecular formula is C18H25NO. The summed E-state index contributed by atoms with van der Waals surface area (Å²) in [7, 11) is 1.88. The molecule has 2 nitrogen and oxygen atoms in total. The lowest BCUT2D eigenvalue weighted by Gasteiger charge is -2.13. The zero-order chi connectivity index (χ0) is 15.1. The van der Waals surface area contributed by atoms with E-state index >= 15 is 0 Å². The van der Waals surface area contributed by atoms with Crippen molar-refractivity contribution in [2.24, 2.45) is 0 Å². The quantitative estimate of drug-likeness (QED) is 0.462. The molecule has 1 aromatic rings. The van der Waals surface area contributed by atoms with Crippen molar-refractivity contribution in [1.82, 2.24) is 5.32 Å². The highest BCUT2D eigenvalue weighted by atomic mass is 16.5. The SMILES string of the molecule is C=C(Oc1ccc(C)c(C)c1)C(=CC/C(C)=C\C)NC. The number of likely N-dealkylation sites (N-methyl/N-ethyl adjacent to an activating group) is 1. The zero-order valence-electron chi connectivity index (χ0n) is 13.2. The van der Waals surface area contributed by atoms with E-state index in [2.05, 4.69) is 50.9 Å². The number of hydrogen-bond donors (Lipinski definition) is 1. The molecule has 1 aromatic carbocycles. The first-order valence-electron chi connectivity index (χ1n) is 6.92. The molecule has 0 amide bonds. The third kappa shape index (κ3) is 4.61. The minimum absolute atomic E-state index is 0.639. The van der Waals surface area contributed by atoms with E-state index in [4.69, 9.17) is 4.74 Å². The van der Waals surface area contributed by atoms with E-state index in [1.54, 1.807) is 0 Å². The lowest BCUT2D eigenvalue weighted by molar-refractivity contribution is 0.431. The molecule has 0 aliphatic rings. The zero-order valence-corrected chi connectivity index (χ0v) is 13.2. The van der Waals surface area contributed by atoms with Crippen LogP contribution in [0.15, 0.2) is 54.0 Å². The Morgan fingerprint density at radius 2 is 2.00 bits per heavy atom. The molecule has 0 spiro atoms. The summed E-state index contributed by atoms with van der Waals surface area (Å²) in [5.41, 5.74) is 4.72. The van der Waals surface area contributed by atoms with Crippen molar-refractivity contribution in [3.8, 4) is 5.75 Å². The molecule has 0 bridgehead atoms. The molecule has 2 heteroatoms. The summed E-state index contributed by atoms with van der Waals surface area (Å²) in [5, 5.41) is 3.14. The van der Waals surface area contributed by atoms with Crippen LogP contribution in [0.25, 0.3) is 0 Å². The molecule has 20 heavy (non-hydrogen) atoms. The molecule has 0 radical (unpaired) electrons. The van der Waals surface area contributed by atoms with Crippen LogP contribution in [0.3, 0.4) is 0 Å². The molecule has 1 N–H and O–H groups in total. The number of rotatable bonds is 6. The summed E-state index contributed by atoms with van der Waals surface area (Å²) in [6, 6.07) is 6.06. The van der Waals surface area contributed by atoms with Crippen LogP contribution in [-0.2, 0) is 0 Å². The molecule has 0 aliphatic heterocycles. The van der Waals surface area contributed by atoms with E-state index in [0.29, 0.717) is 5.76 Å². The Bertz CT molecular complexity index is 538. The van der Waals surface area contributed by atoms with Gasteiger partial charge in [0, 0.05) is 7.05 Å². The number of ether oxygens (including phenoxy) is 1. The second-order valence-corrected chi connectivity index (χ2v) is 4.98. The average molecular weight is 271 g/mol. The van der Waals surface area contributed by atoms with Gasteiger partial charge in [-0.2, -0.15) is 0 Å². The fourth-order valence-corrected chi connectivity index (χ4v) is 1.71. The highest BCUT2D eigenvalue weighted by Crippen LogP contribution is 2.20. The summed E-state index contributed by atoms with van der Waals surface area (Å²) in [6.07, 6.45) is 5.09. The smallest absolute Gasteiger partial charge is 0.143 e. The summed E-state index contributed by atoms with van der Waals surface area (Å²) in [6.45, 7) is 12.3. The van der Waals surface area contributed by atoms with Crippen LogP contribution in [0.2, 0.25) is 0 Å². The van der Waals surface area contributed by atoms with Gasteiger partial charge in [0.05, 0.1) is 5.70 Å².